The van der Waals surface area contributed by atoms with Gasteiger partial charge in [-0.3, -0.25) is 4.31 Å². The SMILES string of the molecule is Cc1c(F)cc(N)cc1S(=O)(=O)N(C)c1ccccc1F. The van der Waals surface area contributed by atoms with Crippen LogP contribution in [0.1, 0.15) is 5.56 Å². The largest absolute Gasteiger partial charge is 0.399 e. The summed E-state index contributed by atoms with van der Waals surface area (Å²) in [6.45, 7) is 1.33. The minimum absolute atomic E-state index is 0.0152. The second-order valence-electron chi connectivity index (χ2n) is 4.55. The van der Waals surface area contributed by atoms with Crippen molar-refractivity contribution in [2.75, 3.05) is 17.1 Å². The summed E-state index contributed by atoms with van der Waals surface area (Å²) >= 11 is 0. The van der Waals surface area contributed by atoms with Gasteiger partial charge in [0.05, 0.1) is 10.6 Å². The van der Waals surface area contributed by atoms with Crippen LogP contribution in [0.25, 0.3) is 0 Å². The molecule has 0 atom stereocenters. The van der Waals surface area contributed by atoms with Crippen LogP contribution in [0.5, 0.6) is 0 Å². The normalized spacial score (nSPS) is 11.4. The quantitative estimate of drug-likeness (QED) is 0.886. The van der Waals surface area contributed by atoms with E-state index in [0.717, 1.165) is 22.5 Å². The predicted molar refractivity (Wildman–Crippen MR) is 77.5 cm³/mol. The molecule has 2 N–H and O–H groups in total. The topological polar surface area (TPSA) is 63.4 Å². The molecule has 0 saturated heterocycles. The van der Waals surface area contributed by atoms with Crippen molar-refractivity contribution in [1.82, 2.24) is 0 Å². The van der Waals surface area contributed by atoms with Crippen LogP contribution in [0.2, 0.25) is 0 Å². The summed E-state index contributed by atoms with van der Waals surface area (Å²) in [6.07, 6.45) is 0. The van der Waals surface area contributed by atoms with Crippen LogP contribution in [0.3, 0.4) is 0 Å². The number of para-hydroxylation sites is 1. The van der Waals surface area contributed by atoms with E-state index in [1.807, 2.05) is 0 Å². The van der Waals surface area contributed by atoms with E-state index in [0.29, 0.717) is 0 Å². The first-order valence-electron chi connectivity index (χ1n) is 6.04. The third-order valence-electron chi connectivity index (χ3n) is 3.15. The van der Waals surface area contributed by atoms with Gasteiger partial charge in [-0.2, -0.15) is 0 Å². The Bertz CT molecular complexity index is 792. The molecule has 0 aliphatic rings. The van der Waals surface area contributed by atoms with Crippen molar-refractivity contribution in [3.63, 3.8) is 0 Å². The standard InChI is InChI=1S/C14H14F2N2O2S/c1-9-12(16)7-10(17)8-14(9)21(19,20)18(2)13-6-4-3-5-11(13)15/h3-8H,17H2,1-2H3. The molecule has 2 rings (SSSR count). The molecule has 0 aliphatic carbocycles. The molecular weight excluding hydrogens is 298 g/mol. The average Bonchev–Trinajstić information content (AvgIpc) is 2.42. The number of nitrogen functional groups attached to an aromatic ring is 1. The molecule has 112 valence electrons. The van der Waals surface area contributed by atoms with E-state index in [-0.39, 0.29) is 21.8 Å². The lowest BCUT2D eigenvalue weighted by molar-refractivity contribution is 0.582. The molecule has 0 aromatic heterocycles. The third-order valence-corrected chi connectivity index (χ3v) is 5.05. The summed E-state index contributed by atoms with van der Waals surface area (Å²) in [5.74, 6) is -1.42. The highest BCUT2D eigenvalue weighted by molar-refractivity contribution is 7.92. The lowest BCUT2D eigenvalue weighted by Gasteiger charge is -2.21. The van der Waals surface area contributed by atoms with Gasteiger partial charge in [-0.05, 0) is 31.2 Å². The lowest BCUT2D eigenvalue weighted by Crippen LogP contribution is -2.28. The first-order valence-corrected chi connectivity index (χ1v) is 7.48. The average molecular weight is 312 g/mol. The van der Waals surface area contributed by atoms with Gasteiger partial charge in [-0.1, -0.05) is 12.1 Å². The van der Waals surface area contributed by atoms with Crippen molar-refractivity contribution in [3.05, 3.63) is 53.6 Å². The number of nitrogens with zero attached hydrogens (tertiary/aromatic N) is 1. The molecule has 2 aromatic carbocycles. The van der Waals surface area contributed by atoms with Gasteiger partial charge >= 0.3 is 0 Å². The Morgan fingerprint density at radius 3 is 2.33 bits per heavy atom. The molecule has 0 heterocycles. The Hall–Kier alpha value is -2.15. The molecule has 0 amide bonds. The maximum atomic E-state index is 13.7. The molecule has 4 nitrogen and oxygen atoms in total. The summed E-state index contributed by atoms with van der Waals surface area (Å²) in [5, 5.41) is 0. The van der Waals surface area contributed by atoms with Crippen molar-refractivity contribution >= 4 is 21.4 Å². The summed E-state index contributed by atoms with van der Waals surface area (Å²) in [6, 6.07) is 7.63. The van der Waals surface area contributed by atoms with E-state index in [1.165, 1.54) is 32.2 Å². The van der Waals surface area contributed by atoms with Crippen LogP contribution >= 0.6 is 0 Å². The summed E-state index contributed by atoms with van der Waals surface area (Å²) < 4.78 is 53.3. The highest BCUT2D eigenvalue weighted by atomic mass is 32.2. The Kier molecular flexibility index (Phi) is 3.87. The zero-order valence-corrected chi connectivity index (χ0v) is 12.3. The molecule has 0 saturated carbocycles. The number of nitrogens with two attached hydrogens (primary N) is 1. The number of anilines is 2. The highest BCUT2D eigenvalue weighted by Crippen LogP contribution is 2.28. The Morgan fingerprint density at radius 1 is 1.10 bits per heavy atom. The zero-order chi connectivity index (χ0) is 15.8. The molecule has 0 unspecified atom stereocenters. The fourth-order valence-corrected chi connectivity index (χ4v) is 3.40. The fraction of sp³-hybridized carbons (Fsp3) is 0.143. The molecular formula is C14H14F2N2O2S. The van der Waals surface area contributed by atoms with Crippen LogP contribution in [0.15, 0.2) is 41.3 Å². The Morgan fingerprint density at radius 2 is 1.71 bits per heavy atom. The molecule has 7 heteroatoms. The fourth-order valence-electron chi connectivity index (χ4n) is 1.93. The van der Waals surface area contributed by atoms with Gasteiger partial charge in [0, 0.05) is 18.3 Å². The number of hydrogen-bond acceptors (Lipinski definition) is 3. The van der Waals surface area contributed by atoms with Gasteiger partial charge in [0.1, 0.15) is 11.6 Å². The molecule has 2 aromatic rings. The molecule has 0 bridgehead atoms. The summed E-state index contributed by atoms with van der Waals surface area (Å²) in [4.78, 5) is -0.286. The van der Waals surface area contributed by atoms with E-state index in [1.54, 1.807) is 0 Å². The maximum Gasteiger partial charge on any atom is 0.264 e. The number of halogens is 2. The van der Waals surface area contributed by atoms with Gasteiger partial charge in [-0.15, -0.1) is 0 Å². The predicted octanol–water partition coefficient (Wildman–Crippen LogP) is 2.68. The van der Waals surface area contributed by atoms with Gasteiger partial charge in [0.2, 0.25) is 0 Å². The summed E-state index contributed by atoms with van der Waals surface area (Å²) in [5.41, 5.74) is 5.29. The smallest absolute Gasteiger partial charge is 0.264 e. The van der Waals surface area contributed by atoms with E-state index in [4.69, 9.17) is 5.73 Å². The molecule has 0 radical (unpaired) electrons. The number of benzene rings is 2. The molecule has 21 heavy (non-hydrogen) atoms. The van der Waals surface area contributed by atoms with Gasteiger partial charge in [0.25, 0.3) is 10.0 Å². The molecule has 0 fully saturated rings. The number of sulfonamides is 1. The van der Waals surface area contributed by atoms with Gasteiger partial charge in [0.15, 0.2) is 0 Å². The van der Waals surface area contributed by atoms with Crippen LogP contribution in [0.4, 0.5) is 20.2 Å². The Labute approximate surface area is 121 Å². The second kappa shape index (κ2) is 5.33. The molecule has 0 spiro atoms. The van der Waals surface area contributed by atoms with E-state index < -0.39 is 21.7 Å². The monoisotopic (exact) mass is 312 g/mol. The summed E-state index contributed by atoms with van der Waals surface area (Å²) in [7, 11) is -2.91. The second-order valence-corrected chi connectivity index (χ2v) is 6.49. The number of rotatable bonds is 3. The van der Waals surface area contributed by atoms with E-state index in [9.17, 15) is 17.2 Å². The minimum atomic E-state index is -4.12. The van der Waals surface area contributed by atoms with Crippen LogP contribution in [0, 0.1) is 18.6 Å². The Balaban J connectivity index is 2.60. The van der Waals surface area contributed by atoms with Crippen LogP contribution in [-0.2, 0) is 10.0 Å². The highest BCUT2D eigenvalue weighted by Gasteiger charge is 2.26. The van der Waals surface area contributed by atoms with E-state index in [2.05, 4.69) is 0 Å². The minimum Gasteiger partial charge on any atom is -0.399 e. The third kappa shape index (κ3) is 2.69. The van der Waals surface area contributed by atoms with Crippen molar-refractivity contribution in [1.29, 1.82) is 0 Å². The van der Waals surface area contributed by atoms with E-state index >= 15 is 0 Å². The lowest BCUT2D eigenvalue weighted by atomic mass is 10.2. The van der Waals surface area contributed by atoms with Crippen molar-refractivity contribution in [3.8, 4) is 0 Å². The zero-order valence-electron chi connectivity index (χ0n) is 11.5. The van der Waals surface area contributed by atoms with Crippen LogP contribution < -0.4 is 10.0 Å². The van der Waals surface area contributed by atoms with Crippen molar-refractivity contribution in [2.24, 2.45) is 0 Å². The van der Waals surface area contributed by atoms with Gasteiger partial charge < -0.3 is 5.73 Å². The van der Waals surface area contributed by atoms with Crippen molar-refractivity contribution in [2.45, 2.75) is 11.8 Å². The molecule has 0 aliphatic heterocycles. The van der Waals surface area contributed by atoms with Crippen molar-refractivity contribution < 1.29 is 17.2 Å². The van der Waals surface area contributed by atoms with Gasteiger partial charge in [-0.25, -0.2) is 17.2 Å². The first-order chi connectivity index (χ1) is 9.75. The first kappa shape index (κ1) is 15.2. The number of hydrogen-bond donors (Lipinski definition) is 1. The maximum absolute atomic E-state index is 13.7. The van der Waals surface area contributed by atoms with Crippen LogP contribution in [-0.4, -0.2) is 15.5 Å².